The molecule has 1 aliphatic rings. The Morgan fingerprint density at radius 1 is 0.929 bits per heavy atom. The number of nitrogens with zero attached hydrogens (tertiary/aromatic N) is 6. The molecule has 8 heteroatoms. The Kier molecular flexibility index (Phi) is 4.84. The molecular formula is C20H20N6O2. The number of rotatable bonds is 4. The molecule has 142 valence electrons. The van der Waals surface area contributed by atoms with Crippen LogP contribution in [0.3, 0.4) is 0 Å². The Hall–Kier alpha value is -3.55. The third-order valence-corrected chi connectivity index (χ3v) is 4.81. The van der Waals surface area contributed by atoms with E-state index in [-0.39, 0.29) is 11.7 Å². The first-order chi connectivity index (χ1) is 13.6. The Balaban J connectivity index is 1.38. The summed E-state index contributed by atoms with van der Waals surface area (Å²) in [6, 6.07) is 12.8. The van der Waals surface area contributed by atoms with E-state index >= 15 is 0 Å². The SMILES string of the molecule is CC(=O)c1ccc(N2CCN(C(=O)c3ccc(-n4cccn4)nn3)CC2)cc1. The predicted octanol–water partition coefficient (Wildman–Crippen LogP) is 1.83. The third-order valence-electron chi connectivity index (χ3n) is 4.81. The fourth-order valence-corrected chi connectivity index (χ4v) is 3.20. The molecule has 0 aliphatic carbocycles. The molecule has 28 heavy (non-hydrogen) atoms. The predicted molar refractivity (Wildman–Crippen MR) is 104 cm³/mol. The molecule has 8 nitrogen and oxygen atoms in total. The van der Waals surface area contributed by atoms with E-state index in [0.717, 1.165) is 18.8 Å². The minimum Gasteiger partial charge on any atom is -0.368 e. The largest absolute Gasteiger partial charge is 0.368 e. The summed E-state index contributed by atoms with van der Waals surface area (Å²) >= 11 is 0. The van der Waals surface area contributed by atoms with Crippen molar-refractivity contribution in [3.05, 3.63) is 66.1 Å². The van der Waals surface area contributed by atoms with Crippen molar-refractivity contribution in [2.75, 3.05) is 31.1 Å². The van der Waals surface area contributed by atoms with Gasteiger partial charge in [0.2, 0.25) is 0 Å². The monoisotopic (exact) mass is 376 g/mol. The van der Waals surface area contributed by atoms with Gasteiger partial charge in [-0.15, -0.1) is 10.2 Å². The van der Waals surface area contributed by atoms with Crippen LogP contribution >= 0.6 is 0 Å². The zero-order valence-electron chi connectivity index (χ0n) is 15.5. The van der Waals surface area contributed by atoms with Crippen molar-refractivity contribution in [2.24, 2.45) is 0 Å². The summed E-state index contributed by atoms with van der Waals surface area (Å²) in [7, 11) is 0. The lowest BCUT2D eigenvalue weighted by atomic mass is 10.1. The highest BCUT2D eigenvalue weighted by Crippen LogP contribution is 2.18. The Morgan fingerprint density at radius 3 is 2.25 bits per heavy atom. The van der Waals surface area contributed by atoms with Crippen LogP contribution in [-0.2, 0) is 0 Å². The average molecular weight is 376 g/mol. The van der Waals surface area contributed by atoms with Gasteiger partial charge in [0.15, 0.2) is 17.3 Å². The third kappa shape index (κ3) is 3.62. The second-order valence-corrected chi connectivity index (χ2v) is 6.61. The smallest absolute Gasteiger partial charge is 0.274 e. The number of carbonyl (C=O) groups is 2. The highest BCUT2D eigenvalue weighted by atomic mass is 16.2. The Bertz CT molecular complexity index is 959. The highest BCUT2D eigenvalue weighted by Gasteiger charge is 2.23. The highest BCUT2D eigenvalue weighted by molar-refractivity contribution is 5.94. The van der Waals surface area contributed by atoms with Crippen molar-refractivity contribution >= 4 is 17.4 Å². The first-order valence-electron chi connectivity index (χ1n) is 9.11. The molecule has 1 saturated heterocycles. The van der Waals surface area contributed by atoms with E-state index in [0.29, 0.717) is 30.2 Å². The maximum Gasteiger partial charge on any atom is 0.274 e. The number of carbonyl (C=O) groups excluding carboxylic acids is 2. The van der Waals surface area contributed by atoms with E-state index in [1.807, 2.05) is 24.3 Å². The van der Waals surface area contributed by atoms with Crippen LogP contribution < -0.4 is 4.90 Å². The second-order valence-electron chi connectivity index (χ2n) is 6.61. The van der Waals surface area contributed by atoms with Crippen molar-refractivity contribution in [1.29, 1.82) is 0 Å². The average Bonchev–Trinajstić information content (AvgIpc) is 3.28. The lowest BCUT2D eigenvalue weighted by molar-refractivity contribution is 0.0739. The van der Waals surface area contributed by atoms with E-state index in [9.17, 15) is 9.59 Å². The molecule has 3 heterocycles. The molecule has 0 bridgehead atoms. The zero-order chi connectivity index (χ0) is 19.5. The van der Waals surface area contributed by atoms with Crippen LogP contribution in [0.4, 0.5) is 5.69 Å². The van der Waals surface area contributed by atoms with Crippen molar-refractivity contribution in [2.45, 2.75) is 6.92 Å². The quantitative estimate of drug-likeness (QED) is 0.646. The Labute approximate surface area is 162 Å². The van der Waals surface area contributed by atoms with Crippen LogP contribution in [-0.4, -0.2) is 62.7 Å². The van der Waals surface area contributed by atoms with Gasteiger partial charge in [-0.25, -0.2) is 4.68 Å². The number of piperazine rings is 1. The minimum atomic E-state index is -0.119. The van der Waals surface area contributed by atoms with Gasteiger partial charge in [-0.05, 0) is 49.4 Å². The summed E-state index contributed by atoms with van der Waals surface area (Å²) in [5.41, 5.74) is 2.09. The molecule has 4 rings (SSSR count). The molecule has 2 aromatic heterocycles. The molecule has 1 fully saturated rings. The topological polar surface area (TPSA) is 84.2 Å². The van der Waals surface area contributed by atoms with Crippen LogP contribution in [0.2, 0.25) is 0 Å². The normalized spacial score (nSPS) is 14.2. The van der Waals surface area contributed by atoms with Crippen LogP contribution in [0.15, 0.2) is 54.9 Å². The van der Waals surface area contributed by atoms with Crippen LogP contribution in [0.5, 0.6) is 0 Å². The molecule has 0 N–H and O–H groups in total. The minimum absolute atomic E-state index is 0.0571. The van der Waals surface area contributed by atoms with Crippen LogP contribution in [0.25, 0.3) is 5.82 Å². The lowest BCUT2D eigenvalue weighted by Gasteiger charge is -2.36. The van der Waals surface area contributed by atoms with E-state index in [1.54, 1.807) is 47.1 Å². The first kappa shape index (κ1) is 17.8. The molecule has 1 aromatic carbocycles. The molecule has 1 amide bonds. The summed E-state index contributed by atoms with van der Waals surface area (Å²) < 4.78 is 1.59. The van der Waals surface area contributed by atoms with Gasteiger partial charge in [0.25, 0.3) is 5.91 Å². The second kappa shape index (κ2) is 7.59. The fraction of sp³-hybridized carbons (Fsp3) is 0.250. The molecular weight excluding hydrogens is 356 g/mol. The van der Waals surface area contributed by atoms with Crippen LogP contribution in [0, 0.1) is 0 Å². The molecule has 0 radical (unpaired) electrons. The van der Waals surface area contributed by atoms with Gasteiger partial charge in [-0.1, -0.05) is 0 Å². The van der Waals surface area contributed by atoms with Crippen LogP contribution in [0.1, 0.15) is 27.8 Å². The van der Waals surface area contributed by atoms with Crippen molar-refractivity contribution in [1.82, 2.24) is 24.9 Å². The van der Waals surface area contributed by atoms with Crippen molar-refractivity contribution in [3.63, 3.8) is 0 Å². The standard InChI is InChI=1S/C20H20N6O2/c1-15(27)16-3-5-17(6-4-16)24-11-13-25(14-12-24)20(28)18-7-8-19(23-22-18)26-10-2-9-21-26/h2-10H,11-14H2,1H3. The number of aromatic nitrogens is 4. The maximum atomic E-state index is 12.7. The van der Waals surface area contributed by atoms with Crippen molar-refractivity contribution < 1.29 is 9.59 Å². The number of anilines is 1. The molecule has 0 spiro atoms. The number of Topliss-reactive ketones (excluding diaryl/α,β-unsaturated/α-hetero) is 1. The number of hydrogen-bond donors (Lipinski definition) is 0. The molecule has 3 aromatic rings. The van der Waals surface area contributed by atoms with Gasteiger partial charge in [0.1, 0.15) is 0 Å². The molecule has 0 saturated carbocycles. The molecule has 0 atom stereocenters. The Morgan fingerprint density at radius 2 is 1.68 bits per heavy atom. The number of ketones is 1. The van der Waals surface area contributed by atoms with Crippen molar-refractivity contribution in [3.8, 4) is 5.82 Å². The van der Waals surface area contributed by atoms with Gasteiger partial charge in [-0.3, -0.25) is 9.59 Å². The summed E-state index contributed by atoms with van der Waals surface area (Å²) in [5, 5.41) is 12.3. The zero-order valence-corrected chi connectivity index (χ0v) is 15.5. The van der Waals surface area contributed by atoms with E-state index in [1.165, 1.54) is 0 Å². The molecule has 0 unspecified atom stereocenters. The number of hydrogen-bond acceptors (Lipinski definition) is 6. The number of amides is 1. The first-order valence-corrected chi connectivity index (χ1v) is 9.11. The van der Waals surface area contributed by atoms with E-state index < -0.39 is 0 Å². The summed E-state index contributed by atoms with van der Waals surface area (Å²) in [6.45, 7) is 4.23. The van der Waals surface area contributed by atoms with E-state index in [2.05, 4.69) is 20.2 Å². The van der Waals surface area contributed by atoms with Gasteiger partial charge in [0.05, 0.1) is 0 Å². The van der Waals surface area contributed by atoms with Gasteiger partial charge in [0, 0.05) is 49.8 Å². The molecule has 1 aliphatic heterocycles. The summed E-state index contributed by atoms with van der Waals surface area (Å²) in [6.07, 6.45) is 3.43. The maximum absolute atomic E-state index is 12.7. The fourth-order valence-electron chi connectivity index (χ4n) is 3.20. The number of benzene rings is 1. The van der Waals surface area contributed by atoms with Gasteiger partial charge < -0.3 is 9.80 Å². The lowest BCUT2D eigenvalue weighted by Crippen LogP contribution is -2.49. The van der Waals surface area contributed by atoms with Gasteiger partial charge in [-0.2, -0.15) is 5.10 Å². The summed E-state index contributed by atoms with van der Waals surface area (Å²) in [5.74, 6) is 0.508. The van der Waals surface area contributed by atoms with E-state index in [4.69, 9.17) is 0 Å². The van der Waals surface area contributed by atoms with Gasteiger partial charge >= 0.3 is 0 Å². The summed E-state index contributed by atoms with van der Waals surface area (Å²) in [4.78, 5) is 28.1.